The van der Waals surface area contributed by atoms with Crippen molar-refractivity contribution in [3.05, 3.63) is 94.6 Å². The van der Waals surface area contributed by atoms with Crippen LogP contribution in [0.3, 0.4) is 0 Å². The summed E-state index contributed by atoms with van der Waals surface area (Å²) in [5.41, 5.74) is 8.39. The second kappa shape index (κ2) is 9.08. The zero-order chi connectivity index (χ0) is 32.8. The van der Waals surface area contributed by atoms with E-state index < -0.39 is 0 Å². The number of aliphatic hydroxyl groups excluding tert-OH is 1. The number of carbonyl (C=O) groups is 2. The number of anilines is 2. The Balaban J connectivity index is 1.02. The van der Waals surface area contributed by atoms with Crippen molar-refractivity contribution < 1.29 is 19.4 Å². The zero-order valence-electron chi connectivity index (χ0n) is 28.2. The van der Waals surface area contributed by atoms with Gasteiger partial charge in [-0.2, -0.15) is 0 Å². The summed E-state index contributed by atoms with van der Waals surface area (Å²) in [7, 11) is 0. The smallest absolute Gasteiger partial charge is 0.255 e. The number of para-hydroxylation sites is 2. The average Bonchev–Trinajstić information content (AvgIpc) is 3.83. The average molecular weight is 667 g/mol. The minimum Gasteiger partial charge on any atom is -0.392 e. The number of benzene rings is 2. The van der Waals surface area contributed by atoms with Gasteiger partial charge in [-0.3, -0.25) is 19.4 Å². The van der Waals surface area contributed by atoms with Gasteiger partial charge in [0.05, 0.1) is 37.8 Å². The molecular weight excluding hydrogens is 624 g/mol. The summed E-state index contributed by atoms with van der Waals surface area (Å²) < 4.78 is 6.53. The van der Waals surface area contributed by atoms with Gasteiger partial charge in [0.25, 0.3) is 5.91 Å². The van der Waals surface area contributed by atoms with Crippen LogP contribution in [0.25, 0.3) is 0 Å². The Morgan fingerprint density at radius 3 is 2.52 bits per heavy atom. The minimum absolute atomic E-state index is 0.0317. The molecule has 9 heterocycles. The molecule has 2 aromatic rings. The number of hydrogen-bond donors (Lipinski definition) is 1. The number of hydrogen-bond acceptors (Lipinski definition) is 6. The molecule has 2 aliphatic carbocycles. The van der Waals surface area contributed by atoms with Gasteiger partial charge in [-0.25, -0.2) is 0 Å². The van der Waals surface area contributed by atoms with Crippen LogP contribution in [-0.4, -0.2) is 95.9 Å². The van der Waals surface area contributed by atoms with E-state index in [2.05, 4.69) is 86.4 Å². The molecule has 254 valence electrons. The zero-order valence-corrected chi connectivity index (χ0v) is 28.2. The molecule has 2 saturated carbocycles. The molecule has 0 radical (unpaired) electrons. The third-order valence-corrected chi connectivity index (χ3v) is 16.3. The number of fused-ring (bicyclic) bond motifs is 6. The Bertz CT molecular complexity index is 2060. The lowest BCUT2D eigenvalue weighted by Crippen LogP contribution is -2.69. The highest BCUT2D eigenvalue weighted by Crippen LogP contribution is 2.69. The van der Waals surface area contributed by atoms with E-state index in [-0.39, 0.29) is 71.4 Å². The van der Waals surface area contributed by atoms with E-state index in [9.17, 15) is 9.90 Å². The number of rotatable bonds is 2. The van der Waals surface area contributed by atoms with Gasteiger partial charge >= 0.3 is 0 Å². The first-order valence-corrected chi connectivity index (χ1v) is 19.2. The van der Waals surface area contributed by atoms with Gasteiger partial charge in [-0.05, 0) is 67.3 Å². The normalized spacial score (nSPS) is 46.1. The summed E-state index contributed by atoms with van der Waals surface area (Å²) in [5, 5.41) is 10.2. The summed E-state index contributed by atoms with van der Waals surface area (Å²) in [6, 6.07) is 18.4. The Morgan fingerprint density at radius 2 is 1.68 bits per heavy atom. The lowest BCUT2D eigenvalue weighted by Gasteiger charge is -2.59. The fraction of sp³-hybridized carbons (Fsp3) is 0.524. The Kier molecular flexibility index (Phi) is 5.10. The number of amides is 2. The minimum atomic E-state index is -0.242. The fourth-order valence-corrected chi connectivity index (χ4v) is 15.0. The van der Waals surface area contributed by atoms with Gasteiger partial charge in [0.1, 0.15) is 0 Å². The molecule has 50 heavy (non-hydrogen) atoms. The summed E-state index contributed by atoms with van der Waals surface area (Å²) >= 11 is 0. The second-order valence-corrected chi connectivity index (χ2v) is 17.4. The molecule has 7 fully saturated rings. The van der Waals surface area contributed by atoms with E-state index in [1.165, 1.54) is 22.3 Å². The lowest BCUT2D eigenvalue weighted by atomic mass is 9.53. The van der Waals surface area contributed by atoms with Crippen molar-refractivity contribution in [2.75, 3.05) is 42.6 Å². The van der Waals surface area contributed by atoms with Crippen molar-refractivity contribution in [2.24, 2.45) is 23.7 Å². The molecule has 8 nitrogen and oxygen atoms in total. The lowest BCUT2D eigenvalue weighted by molar-refractivity contribution is -0.132. The van der Waals surface area contributed by atoms with Crippen LogP contribution in [0.1, 0.15) is 43.2 Å². The number of piperidine rings is 3. The number of nitrogens with zero attached hydrogens (tertiary/aromatic N) is 4. The van der Waals surface area contributed by atoms with Crippen LogP contribution >= 0.6 is 0 Å². The monoisotopic (exact) mass is 666 g/mol. The quantitative estimate of drug-likeness (QED) is 0.493. The Labute approximate surface area is 292 Å². The van der Waals surface area contributed by atoms with Gasteiger partial charge in [-0.15, -0.1) is 0 Å². The highest BCUT2D eigenvalue weighted by Gasteiger charge is 2.74. The maximum absolute atomic E-state index is 15.5. The molecule has 0 aromatic heterocycles. The van der Waals surface area contributed by atoms with Gasteiger partial charge in [0.2, 0.25) is 5.91 Å². The summed E-state index contributed by atoms with van der Waals surface area (Å²) in [4.78, 5) is 39.5. The van der Waals surface area contributed by atoms with Gasteiger partial charge in [-0.1, -0.05) is 65.8 Å². The van der Waals surface area contributed by atoms with Gasteiger partial charge in [0, 0.05) is 70.8 Å². The summed E-state index contributed by atoms with van der Waals surface area (Å²) in [6.45, 7) is 3.45. The molecule has 2 amide bonds. The van der Waals surface area contributed by atoms with Crippen molar-refractivity contribution >= 4 is 23.2 Å². The first-order chi connectivity index (χ1) is 24.5. The van der Waals surface area contributed by atoms with Gasteiger partial charge in [0.15, 0.2) is 0 Å². The van der Waals surface area contributed by atoms with Crippen LogP contribution < -0.4 is 9.80 Å². The third kappa shape index (κ3) is 2.89. The second-order valence-electron chi connectivity index (χ2n) is 17.4. The maximum Gasteiger partial charge on any atom is 0.255 e. The maximum atomic E-state index is 15.5. The molecule has 11 aliphatic rings. The van der Waals surface area contributed by atoms with Crippen LogP contribution in [0.5, 0.6) is 0 Å². The number of carbonyl (C=O) groups excluding carboxylic acids is 2. The highest BCUT2D eigenvalue weighted by atomic mass is 16.5. The van der Waals surface area contributed by atoms with Crippen LogP contribution in [-0.2, 0) is 25.2 Å². The van der Waals surface area contributed by atoms with Gasteiger partial charge < -0.3 is 19.6 Å². The van der Waals surface area contributed by atoms with Crippen molar-refractivity contribution in [1.82, 2.24) is 9.80 Å². The largest absolute Gasteiger partial charge is 0.392 e. The van der Waals surface area contributed by atoms with Crippen molar-refractivity contribution in [1.29, 1.82) is 0 Å². The van der Waals surface area contributed by atoms with E-state index >= 15 is 4.79 Å². The van der Waals surface area contributed by atoms with Crippen LogP contribution in [0.2, 0.25) is 0 Å². The molecule has 0 unspecified atom stereocenters. The molecule has 2 spiro atoms. The Hall–Kier alpha value is -3.56. The first-order valence-electron chi connectivity index (χ1n) is 19.2. The molecule has 4 bridgehead atoms. The van der Waals surface area contributed by atoms with E-state index in [1.807, 2.05) is 0 Å². The van der Waals surface area contributed by atoms with Crippen molar-refractivity contribution in [3.8, 4) is 0 Å². The van der Waals surface area contributed by atoms with Crippen molar-refractivity contribution in [3.63, 3.8) is 0 Å². The standard InChI is InChI=1S/C42H42N4O4/c47-13-9-22-20-43-12-11-41-28-5-1-4-8-31(28)46-38(41)26(24(22)16-34(41)43)15-27(40(46)49)32-19-42-29-6-2-3-7-30(29)45-36(48)18-33-37(39(42)45)25-17-35(42)44(32)21-23(25)10-14-50-33/h1-10,15,24-26,32-35,37-39,47H,11-14,16-21H2/b22-9-/t24-,25-,26+,32+,33-,34-,35-,37-,38-,39-,41+,42+/m0/s1. The van der Waals surface area contributed by atoms with E-state index in [1.54, 1.807) is 0 Å². The fourth-order valence-electron chi connectivity index (χ4n) is 15.0. The van der Waals surface area contributed by atoms with E-state index in [4.69, 9.17) is 4.74 Å². The Morgan fingerprint density at radius 1 is 0.900 bits per heavy atom. The van der Waals surface area contributed by atoms with E-state index in [0.717, 1.165) is 62.3 Å². The SMILES string of the molecule is O=C1C[C@@H]2OCC=C3CN4[C@@H](C5=C[C@H]6[C@@H]7N(C5=O)c5ccccc5[C@@]75CCN7C/C(=C/CO)[C@@H]6C[C@H]75)C[C@]56c7ccccc7N1[C@H]5[C@H]2[C@H]3C[C@H]46. The third-order valence-electron chi connectivity index (χ3n) is 16.3. The molecule has 9 aliphatic heterocycles. The van der Waals surface area contributed by atoms with Crippen LogP contribution in [0.15, 0.2) is 83.5 Å². The number of aliphatic hydroxyl groups is 1. The summed E-state index contributed by atoms with van der Waals surface area (Å²) in [6.07, 6.45) is 11.3. The molecule has 8 heteroatoms. The van der Waals surface area contributed by atoms with E-state index in [0.29, 0.717) is 30.9 Å². The number of ether oxygens (including phenoxy) is 1. The molecule has 12 atom stereocenters. The highest BCUT2D eigenvalue weighted by molar-refractivity contribution is 6.10. The predicted octanol–water partition coefficient (Wildman–Crippen LogP) is 3.70. The predicted molar refractivity (Wildman–Crippen MR) is 187 cm³/mol. The molecular formula is C42H42N4O4. The van der Waals surface area contributed by atoms with Crippen molar-refractivity contribution in [2.45, 2.75) is 79.2 Å². The topological polar surface area (TPSA) is 76.6 Å². The van der Waals surface area contributed by atoms with Crippen LogP contribution in [0, 0.1) is 23.7 Å². The van der Waals surface area contributed by atoms with Crippen LogP contribution in [0.4, 0.5) is 11.4 Å². The molecule has 5 saturated heterocycles. The molecule has 13 rings (SSSR count). The molecule has 1 N–H and O–H groups in total. The summed E-state index contributed by atoms with van der Waals surface area (Å²) in [5.74, 6) is 1.58. The first kappa shape index (κ1) is 28.1. The molecule has 2 aromatic carbocycles.